The van der Waals surface area contributed by atoms with Crippen LogP contribution >= 0.6 is 0 Å². The number of halogens is 1. The molecule has 0 spiro atoms. The van der Waals surface area contributed by atoms with Gasteiger partial charge >= 0.3 is 0 Å². The van der Waals surface area contributed by atoms with Gasteiger partial charge in [0.15, 0.2) is 0 Å². The first-order chi connectivity index (χ1) is 6.83. The fourth-order valence-electron chi connectivity index (χ4n) is 1.62. The largest absolute Gasteiger partial charge is 0.361 e. The second-order valence-corrected chi connectivity index (χ2v) is 3.18. The molecule has 0 aliphatic carbocycles. The summed E-state index contributed by atoms with van der Waals surface area (Å²) in [6.07, 6.45) is 3.63. The van der Waals surface area contributed by atoms with Gasteiger partial charge in [-0.1, -0.05) is 6.07 Å². The van der Waals surface area contributed by atoms with Crippen molar-refractivity contribution >= 4 is 17.2 Å². The van der Waals surface area contributed by atoms with Gasteiger partial charge in [-0.3, -0.25) is 0 Å². The second kappa shape index (κ2) is 3.62. The summed E-state index contributed by atoms with van der Waals surface area (Å²) in [5, 5.41) is 0.606. The van der Waals surface area contributed by atoms with Gasteiger partial charge in [0.05, 0.1) is 0 Å². The van der Waals surface area contributed by atoms with Crippen molar-refractivity contribution in [2.24, 2.45) is 0 Å². The lowest BCUT2D eigenvalue weighted by Gasteiger charge is -1.96. The molecular formula is C11H12FNO. The molecule has 2 nitrogen and oxygen atoms in total. The number of aromatic amines is 1. The van der Waals surface area contributed by atoms with Crippen LogP contribution in [0.1, 0.15) is 13.4 Å². The summed E-state index contributed by atoms with van der Waals surface area (Å²) in [7, 11) is 0. The van der Waals surface area contributed by atoms with Gasteiger partial charge in [-0.05, 0) is 24.1 Å². The second-order valence-electron chi connectivity index (χ2n) is 3.18. The van der Waals surface area contributed by atoms with E-state index >= 15 is 0 Å². The quantitative estimate of drug-likeness (QED) is 0.747. The van der Waals surface area contributed by atoms with Crippen LogP contribution in [-0.2, 0) is 11.2 Å². The number of benzene rings is 1. The van der Waals surface area contributed by atoms with Crippen LogP contribution in [0.5, 0.6) is 0 Å². The van der Waals surface area contributed by atoms with Crippen LogP contribution in [-0.4, -0.2) is 11.3 Å². The maximum Gasteiger partial charge on any atom is 0.132 e. The van der Waals surface area contributed by atoms with Gasteiger partial charge in [0.2, 0.25) is 0 Å². The Morgan fingerprint density at radius 2 is 2.36 bits per heavy atom. The minimum absolute atomic E-state index is 0. The van der Waals surface area contributed by atoms with Gasteiger partial charge in [-0.25, -0.2) is 4.39 Å². The number of carbonyl (C=O) groups excluding carboxylic acids is 1. The molecule has 1 aromatic carbocycles. The summed E-state index contributed by atoms with van der Waals surface area (Å²) < 4.78 is 13.4. The van der Waals surface area contributed by atoms with E-state index in [0.717, 1.165) is 17.4 Å². The van der Waals surface area contributed by atoms with Crippen molar-refractivity contribution in [2.75, 3.05) is 0 Å². The van der Waals surface area contributed by atoms with E-state index in [1.807, 2.05) is 6.07 Å². The molecule has 1 aromatic heterocycles. The predicted octanol–water partition coefficient (Wildman–Crippen LogP) is 2.68. The number of H-pyrrole nitrogens is 1. The molecule has 0 aliphatic heterocycles. The molecule has 2 aromatic rings. The number of hydrogen-bond donors (Lipinski definition) is 1. The van der Waals surface area contributed by atoms with Gasteiger partial charge < -0.3 is 9.78 Å². The molecule has 3 heteroatoms. The smallest absolute Gasteiger partial charge is 0.132 e. The first-order valence-corrected chi connectivity index (χ1v) is 4.51. The fraction of sp³-hybridized carbons (Fsp3) is 0.182. The summed E-state index contributed by atoms with van der Waals surface area (Å²) in [5.41, 5.74) is 1.65. The average Bonchev–Trinajstić information content (AvgIpc) is 2.59. The highest BCUT2D eigenvalue weighted by Gasteiger charge is 2.07. The van der Waals surface area contributed by atoms with E-state index in [1.54, 1.807) is 12.3 Å². The molecule has 74 valence electrons. The third kappa shape index (κ3) is 1.41. The van der Waals surface area contributed by atoms with E-state index in [0.29, 0.717) is 18.2 Å². The third-order valence-electron chi connectivity index (χ3n) is 2.27. The van der Waals surface area contributed by atoms with E-state index < -0.39 is 0 Å². The van der Waals surface area contributed by atoms with Gasteiger partial charge in [0, 0.05) is 24.9 Å². The van der Waals surface area contributed by atoms with Crippen molar-refractivity contribution in [1.82, 2.24) is 4.98 Å². The summed E-state index contributed by atoms with van der Waals surface area (Å²) in [6, 6.07) is 4.92. The Morgan fingerprint density at radius 3 is 3.14 bits per heavy atom. The molecule has 0 aliphatic rings. The highest BCUT2D eigenvalue weighted by atomic mass is 19.1. The molecule has 0 fully saturated rings. The molecule has 0 amide bonds. The first kappa shape index (κ1) is 8.94. The van der Waals surface area contributed by atoms with Gasteiger partial charge in [0.25, 0.3) is 0 Å². The van der Waals surface area contributed by atoms with Crippen LogP contribution in [0.25, 0.3) is 10.9 Å². The molecular weight excluding hydrogens is 181 g/mol. The van der Waals surface area contributed by atoms with Crippen LogP contribution in [0.15, 0.2) is 24.4 Å². The molecule has 0 atom stereocenters. The van der Waals surface area contributed by atoms with Crippen molar-refractivity contribution in [3.8, 4) is 0 Å². The van der Waals surface area contributed by atoms with E-state index in [2.05, 4.69) is 4.98 Å². The number of fused-ring (bicyclic) bond motifs is 1. The van der Waals surface area contributed by atoms with Crippen molar-refractivity contribution in [2.45, 2.75) is 12.8 Å². The highest BCUT2D eigenvalue weighted by molar-refractivity contribution is 5.84. The van der Waals surface area contributed by atoms with Gasteiger partial charge in [0.1, 0.15) is 12.1 Å². The number of aromatic nitrogens is 1. The van der Waals surface area contributed by atoms with Crippen LogP contribution in [0, 0.1) is 5.82 Å². The average molecular weight is 193 g/mol. The molecule has 2 rings (SSSR count). The molecule has 0 saturated carbocycles. The zero-order chi connectivity index (χ0) is 9.97. The van der Waals surface area contributed by atoms with Crippen LogP contribution in [0.2, 0.25) is 0 Å². The maximum atomic E-state index is 13.4. The van der Waals surface area contributed by atoms with E-state index in [4.69, 9.17) is 0 Å². The van der Waals surface area contributed by atoms with Crippen LogP contribution in [0.3, 0.4) is 0 Å². The molecule has 1 heterocycles. The molecule has 14 heavy (non-hydrogen) atoms. The summed E-state index contributed by atoms with van der Waals surface area (Å²) >= 11 is 0. The summed E-state index contributed by atoms with van der Waals surface area (Å²) in [5.74, 6) is -0.232. The number of hydrogen-bond acceptors (Lipinski definition) is 1. The van der Waals surface area contributed by atoms with Crippen LogP contribution in [0.4, 0.5) is 4.39 Å². The predicted molar refractivity (Wildman–Crippen MR) is 54.8 cm³/mol. The maximum absolute atomic E-state index is 13.4. The van der Waals surface area contributed by atoms with Gasteiger partial charge in [-0.2, -0.15) is 0 Å². The summed E-state index contributed by atoms with van der Waals surface area (Å²) in [4.78, 5) is 13.2. The molecule has 0 unspecified atom stereocenters. The number of rotatable bonds is 3. The Bertz CT molecular complexity index is 467. The summed E-state index contributed by atoms with van der Waals surface area (Å²) in [6.45, 7) is 0. The van der Waals surface area contributed by atoms with E-state index in [9.17, 15) is 9.18 Å². The monoisotopic (exact) mass is 193 g/mol. The Kier molecular flexibility index (Phi) is 2.31. The molecule has 0 radical (unpaired) electrons. The van der Waals surface area contributed by atoms with Gasteiger partial charge in [-0.15, -0.1) is 0 Å². The number of aldehydes is 1. The zero-order valence-electron chi connectivity index (χ0n) is 7.59. The molecule has 0 bridgehead atoms. The SMILES string of the molecule is O=CCCc1c[nH]c2cccc(F)c12.[HH]. The number of nitrogens with one attached hydrogen (secondary N) is 1. The van der Waals surface area contributed by atoms with E-state index in [1.165, 1.54) is 6.07 Å². The lowest BCUT2D eigenvalue weighted by atomic mass is 10.1. The molecule has 1 N–H and O–H groups in total. The number of carbonyl (C=O) groups is 1. The fourth-order valence-corrected chi connectivity index (χ4v) is 1.62. The Hall–Kier alpha value is -1.64. The topological polar surface area (TPSA) is 32.9 Å². The lowest BCUT2D eigenvalue weighted by Crippen LogP contribution is -1.85. The van der Waals surface area contributed by atoms with Crippen molar-refractivity contribution < 1.29 is 10.6 Å². The van der Waals surface area contributed by atoms with Crippen molar-refractivity contribution in [3.05, 3.63) is 35.8 Å². The highest BCUT2D eigenvalue weighted by Crippen LogP contribution is 2.22. The lowest BCUT2D eigenvalue weighted by molar-refractivity contribution is -0.107. The minimum atomic E-state index is -0.232. The minimum Gasteiger partial charge on any atom is -0.361 e. The standard InChI is InChI=1S/C11H10FNO.H2/c12-9-4-1-5-10-11(9)8(7-13-10)3-2-6-14;/h1,4-7,13H,2-3H2;1H. The number of aryl methyl sites for hydroxylation is 1. The Labute approximate surface area is 82.2 Å². The van der Waals surface area contributed by atoms with Crippen LogP contribution < -0.4 is 0 Å². The van der Waals surface area contributed by atoms with E-state index in [-0.39, 0.29) is 7.24 Å². The van der Waals surface area contributed by atoms with Crippen molar-refractivity contribution in [3.63, 3.8) is 0 Å². The third-order valence-corrected chi connectivity index (χ3v) is 2.27. The Morgan fingerprint density at radius 1 is 1.50 bits per heavy atom. The normalized spacial score (nSPS) is 10.6. The Balaban J connectivity index is 0.00000112. The first-order valence-electron chi connectivity index (χ1n) is 4.51. The molecule has 0 saturated heterocycles. The van der Waals surface area contributed by atoms with Crippen molar-refractivity contribution in [1.29, 1.82) is 0 Å². The zero-order valence-corrected chi connectivity index (χ0v) is 7.59.